The maximum absolute atomic E-state index is 12.5. The normalized spacial score (nSPS) is 28.2. The van der Waals surface area contributed by atoms with Crippen molar-refractivity contribution in [3.05, 3.63) is 0 Å². The van der Waals surface area contributed by atoms with Crippen LogP contribution in [0.5, 0.6) is 0 Å². The third-order valence-electron chi connectivity index (χ3n) is 5.29. The Morgan fingerprint density at radius 3 is 2.15 bits per heavy atom. The van der Waals surface area contributed by atoms with Crippen molar-refractivity contribution in [2.24, 2.45) is 11.8 Å². The van der Waals surface area contributed by atoms with Crippen LogP contribution in [0.3, 0.4) is 0 Å². The third kappa shape index (κ3) is 2.68. The fourth-order valence-electron chi connectivity index (χ4n) is 3.69. The zero-order valence-corrected chi connectivity index (χ0v) is 12.8. The summed E-state index contributed by atoms with van der Waals surface area (Å²) in [5, 5.41) is 9.21. The van der Waals surface area contributed by atoms with Crippen LogP contribution in [0.2, 0.25) is 0 Å². The molecule has 2 atom stereocenters. The first-order valence-corrected chi connectivity index (χ1v) is 7.52. The Bertz CT molecular complexity index is 391. The van der Waals surface area contributed by atoms with Gasteiger partial charge in [0.25, 0.3) is 0 Å². The number of carboxylic acid groups (broad SMARTS) is 1. The second-order valence-electron chi connectivity index (χ2n) is 6.65. The summed E-state index contributed by atoms with van der Waals surface area (Å²) in [6.07, 6.45) is 5.64. The van der Waals surface area contributed by atoms with Crippen LogP contribution in [-0.2, 0) is 9.59 Å². The van der Waals surface area contributed by atoms with Gasteiger partial charge in [-0.15, -0.1) is 0 Å². The Morgan fingerprint density at radius 2 is 1.70 bits per heavy atom. The van der Waals surface area contributed by atoms with E-state index in [0.29, 0.717) is 13.0 Å². The molecule has 0 aromatic heterocycles. The summed E-state index contributed by atoms with van der Waals surface area (Å²) in [6, 6.07) is 0. The predicted octanol–water partition coefficient (Wildman–Crippen LogP) is 1.43. The van der Waals surface area contributed by atoms with Crippen LogP contribution in [0.4, 0.5) is 0 Å². The molecule has 114 valence electrons. The highest BCUT2D eigenvalue weighted by atomic mass is 16.4. The average molecular weight is 282 g/mol. The summed E-state index contributed by atoms with van der Waals surface area (Å²) in [7, 11) is 5.95. The zero-order valence-electron chi connectivity index (χ0n) is 12.8. The quantitative estimate of drug-likeness (QED) is 0.828. The highest BCUT2D eigenvalue weighted by Gasteiger charge is 2.44. The van der Waals surface area contributed by atoms with Gasteiger partial charge in [-0.3, -0.25) is 9.59 Å². The number of aliphatic carboxylic acids is 1. The summed E-state index contributed by atoms with van der Waals surface area (Å²) >= 11 is 0. The van der Waals surface area contributed by atoms with Gasteiger partial charge >= 0.3 is 5.97 Å². The van der Waals surface area contributed by atoms with Crippen molar-refractivity contribution in [1.82, 2.24) is 9.80 Å². The maximum atomic E-state index is 12.5. The van der Waals surface area contributed by atoms with E-state index in [9.17, 15) is 14.7 Å². The lowest BCUT2D eigenvalue weighted by molar-refractivity contribution is -0.149. The van der Waals surface area contributed by atoms with Crippen LogP contribution in [0.15, 0.2) is 0 Å². The first kappa shape index (κ1) is 15.3. The molecule has 0 aliphatic heterocycles. The number of hydrogen-bond donors (Lipinski definition) is 1. The highest BCUT2D eigenvalue weighted by molar-refractivity contribution is 5.85. The van der Waals surface area contributed by atoms with Crippen molar-refractivity contribution in [2.75, 3.05) is 27.7 Å². The lowest BCUT2D eigenvalue weighted by atomic mass is 9.75. The molecule has 0 spiro atoms. The largest absolute Gasteiger partial charge is 0.481 e. The van der Waals surface area contributed by atoms with Gasteiger partial charge < -0.3 is 14.9 Å². The molecular weight excluding hydrogens is 256 g/mol. The van der Waals surface area contributed by atoms with Gasteiger partial charge in [0.1, 0.15) is 0 Å². The van der Waals surface area contributed by atoms with E-state index < -0.39 is 11.9 Å². The number of nitrogens with zero attached hydrogens (tertiary/aromatic N) is 2. The Labute approximate surface area is 120 Å². The van der Waals surface area contributed by atoms with E-state index in [-0.39, 0.29) is 17.4 Å². The number of likely N-dealkylation sites (N-methyl/N-ethyl adjacent to an activating group) is 2. The summed E-state index contributed by atoms with van der Waals surface area (Å²) in [4.78, 5) is 27.7. The van der Waals surface area contributed by atoms with Gasteiger partial charge in [-0.2, -0.15) is 0 Å². The van der Waals surface area contributed by atoms with Gasteiger partial charge in [0, 0.05) is 19.1 Å². The second kappa shape index (κ2) is 5.72. The molecule has 5 nitrogen and oxygen atoms in total. The first-order valence-electron chi connectivity index (χ1n) is 7.52. The molecule has 0 aromatic rings. The fraction of sp³-hybridized carbons (Fsp3) is 0.867. The number of hydrogen-bond acceptors (Lipinski definition) is 3. The first-order chi connectivity index (χ1) is 9.37. The monoisotopic (exact) mass is 282 g/mol. The van der Waals surface area contributed by atoms with Crippen molar-refractivity contribution in [3.8, 4) is 0 Å². The van der Waals surface area contributed by atoms with E-state index in [1.807, 2.05) is 7.05 Å². The van der Waals surface area contributed by atoms with E-state index in [1.54, 1.807) is 4.90 Å². The van der Waals surface area contributed by atoms with Crippen LogP contribution < -0.4 is 0 Å². The molecule has 1 amide bonds. The van der Waals surface area contributed by atoms with Crippen molar-refractivity contribution < 1.29 is 14.7 Å². The average Bonchev–Trinajstić information content (AvgIpc) is 2.81. The minimum absolute atomic E-state index is 0.0167. The Morgan fingerprint density at radius 1 is 1.10 bits per heavy atom. The van der Waals surface area contributed by atoms with E-state index in [4.69, 9.17) is 0 Å². The zero-order chi connectivity index (χ0) is 14.9. The molecule has 0 aromatic carbocycles. The molecule has 2 aliphatic rings. The van der Waals surface area contributed by atoms with Crippen LogP contribution in [0.25, 0.3) is 0 Å². The Kier molecular flexibility index (Phi) is 4.37. The van der Waals surface area contributed by atoms with Crippen LogP contribution in [-0.4, -0.2) is 60.0 Å². The number of carbonyl (C=O) groups excluding carboxylic acids is 1. The van der Waals surface area contributed by atoms with Gasteiger partial charge in [0.15, 0.2) is 0 Å². The van der Waals surface area contributed by atoms with E-state index in [0.717, 1.165) is 25.7 Å². The number of carboxylic acids is 1. The molecule has 0 saturated heterocycles. The molecule has 2 saturated carbocycles. The molecule has 0 radical (unpaired) electrons. The summed E-state index contributed by atoms with van der Waals surface area (Å²) < 4.78 is 0. The molecule has 0 bridgehead atoms. The highest BCUT2D eigenvalue weighted by Crippen LogP contribution is 2.38. The van der Waals surface area contributed by atoms with Gasteiger partial charge in [-0.1, -0.05) is 6.42 Å². The number of amides is 1. The number of carbonyl (C=O) groups is 2. The van der Waals surface area contributed by atoms with Gasteiger partial charge in [-0.05, 0) is 46.2 Å². The third-order valence-corrected chi connectivity index (χ3v) is 5.29. The van der Waals surface area contributed by atoms with E-state index in [1.165, 1.54) is 6.42 Å². The topological polar surface area (TPSA) is 60.9 Å². The van der Waals surface area contributed by atoms with Crippen LogP contribution >= 0.6 is 0 Å². The van der Waals surface area contributed by atoms with Crippen LogP contribution in [0, 0.1) is 11.8 Å². The Balaban J connectivity index is 2.00. The van der Waals surface area contributed by atoms with Gasteiger partial charge in [0.05, 0.1) is 11.8 Å². The van der Waals surface area contributed by atoms with Crippen molar-refractivity contribution in [3.63, 3.8) is 0 Å². The molecule has 2 fully saturated rings. The molecule has 2 aliphatic carbocycles. The standard InChI is InChI=1S/C15H26N2O3/c1-16(2)15(8-5-9-15)10-17(3)13(18)11-6-4-7-12(11)14(19)20/h11-12H,4-10H2,1-3H3,(H,19,20)/t11-,12+/m1/s1. The smallest absolute Gasteiger partial charge is 0.307 e. The lowest BCUT2D eigenvalue weighted by Crippen LogP contribution is -2.58. The summed E-state index contributed by atoms with van der Waals surface area (Å²) in [5.41, 5.74) is 0.0989. The van der Waals surface area contributed by atoms with Crippen molar-refractivity contribution in [2.45, 2.75) is 44.1 Å². The Hall–Kier alpha value is -1.10. The SMILES string of the molecule is CN(CC1(N(C)C)CCC1)C(=O)[C@@H]1CCC[C@@H]1C(=O)O. The lowest BCUT2D eigenvalue weighted by Gasteiger charge is -2.49. The molecule has 20 heavy (non-hydrogen) atoms. The fourth-order valence-corrected chi connectivity index (χ4v) is 3.69. The minimum atomic E-state index is -0.819. The van der Waals surface area contributed by atoms with E-state index in [2.05, 4.69) is 19.0 Å². The van der Waals surface area contributed by atoms with Crippen LogP contribution in [0.1, 0.15) is 38.5 Å². The molecule has 1 N–H and O–H groups in total. The summed E-state index contributed by atoms with van der Waals surface area (Å²) in [6.45, 7) is 0.710. The van der Waals surface area contributed by atoms with Gasteiger partial charge in [0.2, 0.25) is 5.91 Å². The summed E-state index contributed by atoms with van der Waals surface area (Å²) in [5.74, 6) is -1.61. The van der Waals surface area contributed by atoms with Gasteiger partial charge in [-0.25, -0.2) is 0 Å². The second-order valence-corrected chi connectivity index (χ2v) is 6.65. The molecule has 0 heterocycles. The minimum Gasteiger partial charge on any atom is -0.481 e. The maximum Gasteiger partial charge on any atom is 0.307 e. The molecule has 2 rings (SSSR count). The predicted molar refractivity (Wildman–Crippen MR) is 76.4 cm³/mol. The van der Waals surface area contributed by atoms with Crippen molar-refractivity contribution >= 4 is 11.9 Å². The van der Waals surface area contributed by atoms with Crippen molar-refractivity contribution in [1.29, 1.82) is 0 Å². The molecule has 0 unspecified atom stereocenters. The molecule has 5 heteroatoms. The molecular formula is C15H26N2O3. The van der Waals surface area contributed by atoms with E-state index >= 15 is 0 Å². The number of rotatable bonds is 5.